The lowest BCUT2D eigenvalue weighted by molar-refractivity contribution is -0.131. The van der Waals surface area contributed by atoms with Crippen LogP contribution in [0.4, 0.5) is 0 Å². The molecule has 0 aromatic carbocycles. The van der Waals surface area contributed by atoms with Gasteiger partial charge >= 0.3 is 0 Å². The monoisotopic (exact) mass is 308 g/mol. The highest BCUT2D eigenvalue weighted by Crippen LogP contribution is 2.24. The fraction of sp³-hybridized carbons (Fsp3) is 0.688. The number of rotatable bonds is 4. The Kier molecular flexibility index (Phi) is 4.93. The van der Waals surface area contributed by atoms with Crippen LogP contribution in [0.2, 0.25) is 0 Å². The summed E-state index contributed by atoms with van der Waals surface area (Å²) in [5.74, 6) is 0.717. The average molecular weight is 308 g/mol. The highest BCUT2D eigenvalue weighted by Gasteiger charge is 2.22. The van der Waals surface area contributed by atoms with Gasteiger partial charge in [-0.2, -0.15) is 0 Å². The van der Waals surface area contributed by atoms with E-state index in [1.54, 1.807) is 11.3 Å². The van der Waals surface area contributed by atoms with Crippen LogP contribution in [0, 0.1) is 5.92 Å². The summed E-state index contributed by atoms with van der Waals surface area (Å²) in [6, 6.07) is 2.14. The maximum atomic E-state index is 12.3. The number of thiophene rings is 1. The molecule has 2 unspecified atom stereocenters. The Morgan fingerprint density at radius 1 is 1.48 bits per heavy atom. The Labute approximate surface area is 130 Å². The first-order chi connectivity index (χ1) is 10.2. The fourth-order valence-electron chi connectivity index (χ4n) is 3.40. The van der Waals surface area contributed by atoms with E-state index in [9.17, 15) is 9.90 Å². The minimum absolute atomic E-state index is 0.139. The van der Waals surface area contributed by atoms with Crippen molar-refractivity contribution in [3.8, 4) is 0 Å². The van der Waals surface area contributed by atoms with Crippen LogP contribution in [0.1, 0.15) is 36.1 Å². The maximum absolute atomic E-state index is 12.3. The third-order valence-electron chi connectivity index (χ3n) is 4.62. The summed E-state index contributed by atoms with van der Waals surface area (Å²) in [7, 11) is 0. The molecule has 2 atom stereocenters. The molecule has 0 spiro atoms. The number of amides is 1. The molecule has 5 heteroatoms. The molecule has 1 aliphatic heterocycles. The van der Waals surface area contributed by atoms with Crippen LogP contribution < -0.4 is 5.32 Å². The van der Waals surface area contributed by atoms with Gasteiger partial charge in [-0.05, 0) is 55.2 Å². The van der Waals surface area contributed by atoms with Gasteiger partial charge in [-0.15, -0.1) is 11.3 Å². The second-order valence-electron chi connectivity index (χ2n) is 6.25. The fourth-order valence-corrected chi connectivity index (χ4v) is 4.29. The van der Waals surface area contributed by atoms with Crippen molar-refractivity contribution >= 4 is 17.2 Å². The number of nitrogens with one attached hydrogen (secondary N) is 1. The van der Waals surface area contributed by atoms with Gasteiger partial charge in [0.1, 0.15) is 0 Å². The Morgan fingerprint density at radius 2 is 2.38 bits per heavy atom. The van der Waals surface area contributed by atoms with E-state index in [4.69, 9.17) is 0 Å². The van der Waals surface area contributed by atoms with Crippen molar-refractivity contribution in [3.63, 3.8) is 0 Å². The molecule has 1 fully saturated rings. The SMILES string of the molecule is O=C(CNCC1CCCC(O)C1)N1CCc2sccc2C1. The number of aliphatic hydroxyl groups is 1. The standard InChI is InChI=1S/C16H24N2O2S/c19-14-3-1-2-12(8-14)9-17-10-16(20)18-6-4-15-13(11-18)5-7-21-15/h5,7,12,14,17,19H,1-4,6,8-11H2. The van der Waals surface area contributed by atoms with Gasteiger partial charge in [0.15, 0.2) is 0 Å². The van der Waals surface area contributed by atoms with Crippen LogP contribution in [0.25, 0.3) is 0 Å². The van der Waals surface area contributed by atoms with E-state index in [-0.39, 0.29) is 12.0 Å². The second-order valence-corrected chi connectivity index (χ2v) is 7.25. The molecule has 2 N–H and O–H groups in total. The molecule has 1 saturated carbocycles. The molecule has 0 saturated heterocycles. The van der Waals surface area contributed by atoms with E-state index >= 15 is 0 Å². The molecule has 1 aromatic rings. The van der Waals surface area contributed by atoms with Gasteiger partial charge < -0.3 is 15.3 Å². The third kappa shape index (κ3) is 3.84. The predicted molar refractivity (Wildman–Crippen MR) is 84.3 cm³/mol. The van der Waals surface area contributed by atoms with Crippen molar-refractivity contribution in [2.24, 2.45) is 5.92 Å². The number of fused-ring (bicyclic) bond motifs is 1. The number of carbonyl (C=O) groups is 1. The van der Waals surface area contributed by atoms with Gasteiger partial charge in [-0.3, -0.25) is 4.79 Å². The molecule has 21 heavy (non-hydrogen) atoms. The minimum atomic E-state index is -0.139. The lowest BCUT2D eigenvalue weighted by Crippen LogP contribution is -2.42. The van der Waals surface area contributed by atoms with Crippen molar-refractivity contribution in [2.45, 2.75) is 44.8 Å². The summed E-state index contributed by atoms with van der Waals surface area (Å²) in [5, 5.41) is 15.1. The van der Waals surface area contributed by atoms with Gasteiger partial charge in [0.05, 0.1) is 12.6 Å². The molecule has 4 nitrogen and oxygen atoms in total. The summed E-state index contributed by atoms with van der Waals surface area (Å²) in [6.07, 6.45) is 4.94. The average Bonchev–Trinajstić information content (AvgIpc) is 2.94. The Balaban J connectivity index is 1.41. The van der Waals surface area contributed by atoms with Gasteiger partial charge in [-0.25, -0.2) is 0 Å². The van der Waals surface area contributed by atoms with Gasteiger partial charge in [0.2, 0.25) is 5.91 Å². The largest absolute Gasteiger partial charge is 0.393 e. The molecule has 1 amide bonds. The zero-order valence-corrected chi connectivity index (χ0v) is 13.2. The summed E-state index contributed by atoms with van der Waals surface area (Å²) in [5.41, 5.74) is 1.31. The number of aliphatic hydroxyl groups excluding tert-OH is 1. The highest BCUT2D eigenvalue weighted by atomic mass is 32.1. The van der Waals surface area contributed by atoms with Gasteiger partial charge in [-0.1, -0.05) is 6.42 Å². The molecule has 0 radical (unpaired) electrons. The predicted octanol–water partition coefficient (Wildman–Crippen LogP) is 1.77. The second kappa shape index (κ2) is 6.90. The first-order valence-electron chi connectivity index (χ1n) is 7.94. The molecule has 116 valence electrons. The zero-order chi connectivity index (χ0) is 14.7. The molecule has 3 rings (SSSR count). The molecular formula is C16H24N2O2S. The summed E-state index contributed by atoms with van der Waals surface area (Å²) in [4.78, 5) is 15.6. The van der Waals surface area contributed by atoms with E-state index in [0.29, 0.717) is 12.5 Å². The summed E-state index contributed by atoms with van der Waals surface area (Å²) >= 11 is 1.80. The van der Waals surface area contributed by atoms with Crippen LogP contribution in [-0.4, -0.2) is 41.7 Å². The summed E-state index contributed by atoms with van der Waals surface area (Å²) < 4.78 is 0. The van der Waals surface area contributed by atoms with Crippen molar-refractivity contribution in [2.75, 3.05) is 19.6 Å². The topological polar surface area (TPSA) is 52.6 Å². The van der Waals surface area contributed by atoms with E-state index in [2.05, 4.69) is 16.8 Å². The van der Waals surface area contributed by atoms with Crippen LogP contribution >= 0.6 is 11.3 Å². The quantitative estimate of drug-likeness (QED) is 0.891. The van der Waals surface area contributed by atoms with Crippen molar-refractivity contribution < 1.29 is 9.90 Å². The molecular weight excluding hydrogens is 284 g/mol. The van der Waals surface area contributed by atoms with E-state index in [1.807, 2.05) is 4.90 Å². The lowest BCUT2D eigenvalue weighted by Gasteiger charge is -2.28. The van der Waals surface area contributed by atoms with Crippen LogP contribution in [-0.2, 0) is 17.8 Å². The minimum Gasteiger partial charge on any atom is -0.393 e. The van der Waals surface area contributed by atoms with E-state index < -0.39 is 0 Å². The van der Waals surface area contributed by atoms with Crippen LogP contribution in [0.3, 0.4) is 0 Å². The number of hydrogen-bond donors (Lipinski definition) is 2. The summed E-state index contributed by atoms with van der Waals surface area (Å²) in [6.45, 7) is 2.88. The van der Waals surface area contributed by atoms with E-state index in [1.165, 1.54) is 16.9 Å². The van der Waals surface area contributed by atoms with Crippen molar-refractivity contribution in [1.29, 1.82) is 0 Å². The van der Waals surface area contributed by atoms with E-state index in [0.717, 1.165) is 45.3 Å². The first kappa shape index (κ1) is 15.0. The van der Waals surface area contributed by atoms with Crippen molar-refractivity contribution in [3.05, 3.63) is 21.9 Å². The molecule has 1 aliphatic carbocycles. The zero-order valence-electron chi connectivity index (χ0n) is 12.4. The number of nitrogens with zero attached hydrogens (tertiary/aromatic N) is 1. The van der Waals surface area contributed by atoms with Crippen LogP contribution in [0.15, 0.2) is 11.4 Å². The Bertz CT molecular complexity index is 488. The van der Waals surface area contributed by atoms with Gasteiger partial charge in [0.25, 0.3) is 0 Å². The highest BCUT2D eigenvalue weighted by molar-refractivity contribution is 7.10. The van der Waals surface area contributed by atoms with Gasteiger partial charge in [0, 0.05) is 18.0 Å². The molecule has 0 bridgehead atoms. The van der Waals surface area contributed by atoms with Crippen LogP contribution in [0.5, 0.6) is 0 Å². The molecule has 1 aromatic heterocycles. The normalized spacial score (nSPS) is 25.7. The smallest absolute Gasteiger partial charge is 0.236 e. The third-order valence-corrected chi connectivity index (χ3v) is 5.65. The Morgan fingerprint density at radius 3 is 3.24 bits per heavy atom. The first-order valence-corrected chi connectivity index (χ1v) is 8.82. The molecule has 2 heterocycles. The lowest BCUT2D eigenvalue weighted by atomic mass is 9.87. The number of carbonyl (C=O) groups excluding carboxylic acids is 1. The maximum Gasteiger partial charge on any atom is 0.236 e. The van der Waals surface area contributed by atoms with Crippen molar-refractivity contribution in [1.82, 2.24) is 10.2 Å². The number of hydrogen-bond acceptors (Lipinski definition) is 4. The molecule has 2 aliphatic rings. The Hall–Kier alpha value is -0.910.